The number of furan rings is 1. The minimum atomic E-state index is 0.687. The molecule has 1 aliphatic carbocycles. The minimum Gasteiger partial charge on any atom is -0.494 e. The molecule has 1 aromatic heterocycles. The van der Waals surface area contributed by atoms with Crippen molar-refractivity contribution in [3.8, 4) is 5.75 Å². The Kier molecular flexibility index (Phi) is 3.97. The standard InChI is InChI=1S/C17H23NO2/c1-3-9-18-11-16-17(12-5-6-12)14-10-13(19-4-2)7-8-15(14)20-16/h7-8,10,12,18H,3-6,9,11H2,1-2H3. The van der Waals surface area contributed by atoms with Crippen LogP contribution >= 0.6 is 0 Å². The van der Waals surface area contributed by atoms with Crippen LogP contribution < -0.4 is 10.1 Å². The highest BCUT2D eigenvalue weighted by Gasteiger charge is 2.30. The topological polar surface area (TPSA) is 34.4 Å². The van der Waals surface area contributed by atoms with Gasteiger partial charge in [-0.3, -0.25) is 0 Å². The van der Waals surface area contributed by atoms with E-state index in [9.17, 15) is 0 Å². The van der Waals surface area contributed by atoms with Gasteiger partial charge in [0, 0.05) is 10.9 Å². The number of nitrogens with one attached hydrogen (secondary N) is 1. The zero-order valence-electron chi connectivity index (χ0n) is 12.4. The summed E-state index contributed by atoms with van der Waals surface area (Å²) in [5, 5.41) is 4.69. The Morgan fingerprint density at radius 1 is 1.30 bits per heavy atom. The van der Waals surface area contributed by atoms with Gasteiger partial charge in [0.25, 0.3) is 0 Å². The van der Waals surface area contributed by atoms with E-state index in [-0.39, 0.29) is 0 Å². The predicted octanol–water partition coefficient (Wildman–Crippen LogP) is 4.21. The molecule has 1 fully saturated rings. The summed E-state index contributed by atoms with van der Waals surface area (Å²) >= 11 is 0. The normalized spacial score (nSPS) is 14.9. The third-order valence-electron chi connectivity index (χ3n) is 3.78. The number of benzene rings is 1. The molecule has 108 valence electrons. The molecule has 0 radical (unpaired) electrons. The second-order valence-corrected chi connectivity index (χ2v) is 5.48. The van der Waals surface area contributed by atoms with Gasteiger partial charge in [-0.25, -0.2) is 0 Å². The molecular formula is C17H23NO2. The molecule has 0 saturated heterocycles. The molecule has 20 heavy (non-hydrogen) atoms. The fourth-order valence-electron chi connectivity index (χ4n) is 2.73. The lowest BCUT2D eigenvalue weighted by molar-refractivity contribution is 0.340. The summed E-state index contributed by atoms with van der Waals surface area (Å²) < 4.78 is 11.7. The average Bonchev–Trinajstić information content (AvgIpc) is 3.21. The third-order valence-corrected chi connectivity index (χ3v) is 3.78. The molecule has 0 unspecified atom stereocenters. The van der Waals surface area contributed by atoms with Gasteiger partial charge < -0.3 is 14.5 Å². The van der Waals surface area contributed by atoms with Crippen molar-refractivity contribution in [1.29, 1.82) is 0 Å². The van der Waals surface area contributed by atoms with Crippen LogP contribution in [0.15, 0.2) is 22.6 Å². The molecule has 0 spiro atoms. The Hall–Kier alpha value is -1.48. The van der Waals surface area contributed by atoms with Gasteiger partial charge in [0.05, 0.1) is 13.2 Å². The average molecular weight is 273 g/mol. The molecule has 0 bridgehead atoms. The SMILES string of the molecule is CCCNCc1oc2ccc(OCC)cc2c1C1CC1. The van der Waals surface area contributed by atoms with Crippen molar-refractivity contribution in [2.24, 2.45) is 0 Å². The van der Waals surface area contributed by atoms with Crippen LogP contribution in [0.25, 0.3) is 11.0 Å². The van der Waals surface area contributed by atoms with Crippen LogP contribution in [-0.4, -0.2) is 13.2 Å². The van der Waals surface area contributed by atoms with Crippen LogP contribution in [0.3, 0.4) is 0 Å². The van der Waals surface area contributed by atoms with E-state index in [1.165, 1.54) is 23.8 Å². The zero-order chi connectivity index (χ0) is 13.9. The van der Waals surface area contributed by atoms with E-state index in [0.717, 1.165) is 36.6 Å². The van der Waals surface area contributed by atoms with Crippen LogP contribution in [0.4, 0.5) is 0 Å². The van der Waals surface area contributed by atoms with E-state index < -0.39 is 0 Å². The maximum Gasteiger partial charge on any atom is 0.134 e. The van der Waals surface area contributed by atoms with E-state index >= 15 is 0 Å². The van der Waals surface area contributed by atoms with Crippen LogP contribution in [0.2, 0.25) is 0 Å². The van der Waals surface area contributed by atoms with Gasteiger partial charge in [-0.05, 0) is 56.8 Å². The molecule has 3 heteroatoms. The summed E-state index contributed by atoms with van der Waals surface area (Å²) in [6.45, 7) is 6.76. The van der Waals surface area contributed by atoms with Crippen molar-refractivity contribution in [2.75, 3.05) is 13.2 Å². The molecule has 0 amide bonds. The van der Waals surface area contributed by atoms with Gasteiger partial charge in [0.15, 0.2) is 0 Å². The van der Waals surface area contributed by atoms with E-state index in [1.807, 2.05) is 19.1 Å². The monoisotopic (exact) mass is 273 g/mol. The summed E-state index contributed by atoms with van der Waals surface area (Å²) in [7, 11) is 0. The maximum atomic E-state index is 6.06. The highest BCUT2D eigenvalue weighted by Crippen LogP contribution is 2.46. The molecule has 3 nitrogen and oxygen atoms in total. The van der Waals surface area contributed by atoms with E-state index in [0.29, 0.717) is 12.5 Å². The number of rotatable bonds is 7. The molecule has 1 N–H and O–H groups in total. The number of hydrogen-bond donors (Lipinski definition) is 1. The fraction of sp³-hybridized carbons (Fsp3) is 0.529. The molecule has 0 atom stereocenters. The lowest BCUT2D eigenvalue weighted by Crippen LogP contribution is -2.14. The quantitative estimate of drug-likeness (QED) is 0.767. The Bertz CT molecular complexity index is 584. The van der Waals surface area contributed by atoms with Crippen molar-refractivity contribution in [1.82, 2.24) is 5.32 Å². The van der Waals surface area contributed by atoms with E-state index in [1.54, 1.807) is 0 Å². The number of hydrogen-bond acceptors (Lipinski definition) is 3. The summed E-state index contributed by atoms with van der Waals surface area (Å²) in [5.74, 6) is 2.74. The Balaban J connectivity index is 1.95. The van der Waals surface area contributed by atoms with Gasteiger partial charge in [-0.1, -0.05) is 6.92 Å². The smallest absolute Gasteiger partial charge is 0.134 e. The van der Waals surface area contributed by atoms with Crippen molar-refractivity contribution in [3.05, 3.63) is 29.5 Å². The van der Waals surface area contributed by atoms with Crippen LogP contribution in [0.1, 0.15) is 50.4 Å². The summed E-state index contributed by atoms with van der Waals surface area (Å²) in [6, 6.07) is 6.17. The van der Waals surface area contributed by atoms with E-state index in [4.69, 9.17) is 9.15 Å². The first-order chi connectivity index (χ1) is 9.83. The van der Waals surface area contributed by atoms with Gasteiger partial charge >= 0.3 is 0 Å². The van der Waals surface area contributed by atoms with Gasteiger partial charge in [-0.2, -0.15) is 0 Å². The van der Waals surface area contributed by atoms with Crippen molar-refractivity contribution < 1.29 is 9.15 Å². The molecule has 0 aliphatic heterocycles. The highest BCUT2D eigenvalue weighted by atomic mass is 16.5. The lowest BCUT2D eigenvalue weighted by atomic mass is 10.1. The molecule has 1 aromatic carbocycles. The fourth-order valence-corrected chi connectivity index (χ4v) is 2.73. The Labute approximate surface area is 120 Å². The van der Waals surface area contributed by atoms with Crippen LogP contribution in [0.5, 0.6) is 5.75 Å². The molecule has 1 saturated carbocycles. The first kappa shape index (κ1) is 13.5. The van der Waals surface area contributed by atoms with Crippen molar-refractivity contribution in [2.45, 2.75) is 45.6 Å². The largest absolute Gasteiger partial charge is 0.494 e. The summed E-state index contributed by atoms with van der Waals surface area (Å²) in [6.07, 6.45) is 3.72. The lowest BCUT2D eigenvalue weighted by Gasteiger charge is -2.04. The van der Waals surface area contributed by atoms with Crippen LogP contribution in [0, 0.1) is 0 Å². The zero-order valence-corrected chi connectivity index (χ0v) is 12.4. The van der Waals surface area contributed by atoms with Gasteiger partial charge in [-0.15, -0.1) is 0 Å². The Morgan fingerprint density at radius 3 is 2.85 bits per heavy atom. The highest BCUT2D eigenvalue weighted by molar-refractivity contribution is 5.84. The van der Waals surface area contributed by atoms with E-state index in [2.05, 4.69) is 18.3 Å². The molecule has 1 heterocycles. The first-order valence-corrected chi connectivity index (χ1v) is 7.72. The second-order valence-electron chi connectivity index (χ2n) is 5.48. The maximum absolute atomic E-state index is 6.06. The van der Waals surface area contributed by atoms with Crippen molar-refractivity contribution in [3.63, 3.8) is 0 Å². The predicted molar refractivity (Wildman–Crippen MR) is 81.4 cm³/mol. The number of fused-ring (bicyclic) bond motifs is 1. The minimum absolute atomic E-state index is 0.687. The van der Waals surface area contributed by atoms with Crippen LogP contribution in [-0.2, 0) is 6.54 Å². The van der Waals surface area contributed by atoms with Gasteiger partial charge in [0.1, 0.15) is 17.1 Å². The van der Waals surface area contributed by atoms with Gasteiger partial charge in [0.2, 0.25) is 0 Å². The summed E-state index contributed by atoms with van der Waals surface area (Å²) in [4.78, 5) is 0. The summed E-state index contributed by atoms with van der Waals surface area (Å²) in [5.41, 5.74) is 2.40. The molecule has 2 aromatic rings. The van der Waals surface area contributed by atoms with Crippen molar-refractivity contribution >= 4 is 11.0 Å². The second kappa shape index (κ2) is 5.88. The third kappa shape index (κ3) is 2.68. The molecule has 3 rings (SSSR count). The Morgan fingerprint density at radius 2 is 2.15 bits per heavy atom. The molecule has 1 aliphatic rings. The first-order valence-electron chi connectivity index (χ1n) is 7.72. The molecular weight excluding hydrogens is 250 g/mol. The number of ether oxygens (including phenoxy) is 1.